The van der Waals surface area contributed by atoms with Crippen LogP contribution in [-0.2, 0) is 9.53 Å². The third kappa shape index (κ3) is 3.39. The van der Waals surface area contributed by atoms with Gasteiger partial charge in [-0.2, -0.15) is 0 Å². The summed E-state index contributed by atoms with van der Waals surface area (Å²) >= 11 is 0. The Hall–Kier alpha value is -1.71. The summed E-state index contributed by atoms with van der Waals surface area (Å²) in [6, 6.07) is 4.82. The molecule has 1 aromatic rings. The van der Waals surface area contributed by atoms with E-state index in [9.17, 15) is 14.0 Å². The molecular weight excluding hydrogens is 235 g/mol. The molecule has 0 bridgehead atoms. The Balaban J connectivity index is 2.86. The molecule has 0 fully saturated rings. The highest BCUT2D eigenvalue weighted by Crippen LogP contribution is 2.14. The van der Waals surface area contributed by atoms with Gasteiger partial charge >= 0.3 is 5.97 Å². The number of aryl methyl sites for hydroxylation is 2. The molecule has 0 radical (unpaired) electrons. The summed E-state index contributed by atoms with van der Waals surface area (Å²) < 4.78 is 18.3. The van der Waals surface area contributed by atoms with Crippen molar-refractivity contribution < 1.29 is 18.7 Å². The lowest BCUT2D eigenvalue weighted by atomic mass is 10.0. The Bertz CT molecular complexity index is 466. The number of ketones is 1. The molecule has 0 aliphatic rings. The van der Waals surface area contributed by atoms with Crippen molar-refractivity contribution in [1.29, 1.82) is 0 Å². The zero-order valence-corrected chi connectivity index (χ0v) is 11.0. The molecule has 98 valence electrons. The Morgan fingerprint density at radius 3 is 2.28 bits per heavy atom. The van der Waals surface area contributed by atoms with E-state index >= 15 is 0 Å². The molecule has 18 heavy (non-hydrogen) atoms. The van der Waals surface area contributed by atoms with Crippen molar-refractivity contribution in [3.8, 4) is 0 Å². The molecule has 1 aromatic carbocycles. The first-order chi connectivity index (χ1) is 8.32. The van der Waals surface area contributed by atoms with Crippen LogP contribution in [0.1, 0.15) is 35.3 Å². The smallest absolute Gasteiger partial charge is 0.349 e. The number of carbonyl (C=O) groups excluding carboxylic acids is 2. The van der Waals surface area contributed by atoms with Crippen LogP contribution >= 0.6 is 0 Å². The number of hydrogen-bond donors (Lipinski definition) is 0. The first-order valence-electron chi connectivity index (χ1n) is 5.79. The number of Topliss-reactive ketones (excluding diaryl/α,β-unsaturated/α-hetero) is 1. The van der Waals surface area contributed by atoms with E-state index in [2.05, 4.69) is 4.74 Å². The van der Waals surface area contributed by atoms with Crippen LogP contribution < -0.4 is 0 Å². The van der Waals surface area contributed by atoms with Gasteiger partial charge in [-0.3, -0.25) is 4.79 Å². The molecule has 0 aliphatic heterocycles. The fraction of sp³-hybridized carbons (Fsp3) is 0.429. The molecular formula is C14H17FO3. The molecule has 0 aliphatic carbocycles. The number of benzene rings is 1. The van der Waals surface area contributed by atoms with Crippen LogP contribution in [0, 0.1) is 13.8 Å². The zero-order valence-electron chi connectivity index (χ0n) is 11.0. The quantitative estimate of drug-likeness (QED) is 0.470. The average Bonchev–Trinajstić information content (AvgIpc) is 2.30. The predicted molar refractivity (Wildman–Crippen MR) is 66.4 cm³/mol. The third-order valence-corrected chi connectivity index (χ3v) is 2.58. The Morgan fingerprint density at radius 2 is 1.78 bits per heavy atom. The van der Waals surface area contributed by atoms with Gasteiger partial charge in [-0.1, -0.05) is 12.1 Å². The Labute approximate surface area is 106 Å². The Kier molecular flexibility index (Phi) is 4.59. The molecule has 3 nitrogen and oxygen atoms in total. The topological polar surface area (TPSA) is 43.4 Å². The number of esters is 1. The summed E-state index contributed by atoms with van der Waals surface area (Å²) in [7, 11) is 0. The van der Waals surface area contributed by atoms with E-state index in [1.54, 1.807) is 26.0 Å². The van der Waals surface area contributed by atoms with Crippen molar-refractivity contribution in [1.82, 2.24) is 0 Å². The number of rotatable bonds is 4. The lowest BCUT2D eigenvalue weighted by molar-refractivity contribution is -0.151. The van der Waals surface area contributed by atoms with Crippen molar-refractivity contribution in [2.75, 3.05) is 0 Å². The zero-order chi connectivity index (χ0) is 13.9. The van der Waals surface area contributed by atoms with Crippen LogP contribution in [0.25, 0.3) is 0 Å². The van der Waals surface area contributed by atoms with E-state index < -0.39 is 24.0 Å². The highest BCUT2D eigenvalue weighted by atomic mass is 19.1. The van der Waals surface area contributed by atoms with Crippen molar-refractivity contribution in [3.63, 3.8) is 0 Å². The Morgan fingerprint density at radius 1 is 1.17 bits per heavy atom. The summed E-state index contributed by atoms with van der Waals surface area (Å²) in [4.78, 5) is 23.1. The monoisotopic (exact) mass is 252 g/mol. The molecule has 1 atom stereocenters. The van der Waals surface area contributed by atoms with Gasteiger partial charge in [0.2, 0.25) is 5.78 Å². The highest BCUT2D eigenvalue weighted by molar-refractivity contribution is 6.11. The van der Waals surface area contributed by atoms with Crippen LogP contribution in [0.5, 0.6) is 0 Å². The van der Waals surface area contributed by atoms with Gasteiger partial charge in [0.05, 0.1) is 6.10 Å². The van der Waals surface area contributed by atoms with Crippen LogP contribution in [0.4, 0.5) is 4.39 Å². The molecule has 0 heterocycles. The first-order valence-corrected chi connectivity index (χ1v) is 5.79. The number of carbonyl (C=O) groups is 2. The van der Waals surface area contributed by atoms with Gasteiger partial charge in [0, 0.05) is 5.56 Å². The lowest BCUT2D eigenvalue weighted by Gasteiger charge is -2.11. The second-order valence-electron chi connectivity index (χ2n) is 4.51. The summed E-state index contributed by atoms with van der Waals surface area (Å²) in [5, 5.41) is 0. The first kappa shape index (κ1) is 14.4. The van der Waals surface area contributed by atoms with Gasteiger partial charge in [0.1, 0.15) is 0 Å². The van der Waals surface area contributed by atoms with Gasteiger partial charge in [-0.25, -0.2) is 9.18 Å². The van der Waals surface area contributed by atoms with E-state index in [0.29, 0.717) is 0 Å². The molecule has 0 saturated heterocycles. The fourth-order valence-electron chi connectivity index (χ4n) is 1.44. The molecule has 4 heteroatoms. The molecule has 0 amide bonds. The van der Waals surface area contributed by atoms with Crippen molar-refractivity contribution >= 4 is 11.8 Å². The maximum atomic E-state index is 13.6. The standard InChI is InChI=1S/C14H17FO3/c1-8(2)18-14(17)12(15)13(16)11-6-5-9(3)10(4)7-11/h5-8,12H,1-4H3. The minimum absolute atomic E-state index is 0.186. The second kappa shape index (κ2) is 5.76. The maximum Gasteiger partial charge on any atom is 0.349 e. The number of halogens is 1. The fourth-order valence-corrected chi connectivity index (χ4v) is 1.44. The van der Waals surface area contributed by atoms with Gasteiger partial charge in [0.15, 0.2) is 0 Å². The van der Waals surface area contributed by atoms with Crippen LogP contribution in [-0.4, -0.2) is 24.0 Å². The molecule has 0 aromatic heterocycles. The molecule has 0 saturated carbocycles. The highest BCUT2D eigenvalue weighted by Gasteiger charge is 2.29. The normalized spacial score (nSPS) is 12.3. The minimum Gasteiger partial charge on any atom is -0.460 e. The molecule has 1 unspecified atom stereocenters. The van der Waals surface area contributed by atoms with Crippen molar-refractivity contribution in [2.45, 2.75) is 40.0 Å². The summed E-state index contributed by atoms with van der Waals surface area (Å²) in [6.45, 7) is 6.92. The number of ether oxygens (including phenoxy) is 1. The van der Waals surface area contributed by atoms with Crippen LogP contribution in [0.15, 0.2) is 18.2 Å². The third-order valence-electron chi connectivity index (χ3n) is 2.58. The number of alkyl halides is 1. The van der Waals surface area contributed by atoms with E-state index in [1.165, 1.54) is 6.07 Å². The largest absolute Gasteiger partial charge is 0.460 e. The maximum absolute atomic E-state index is 13.6. The van der Waals surface area contributed by atoms with Gasteiger partial charge in [-0.05, 0) is 44.9 Å². The molecule has 0 spiro atoms. The lowest BCUT2D eigenvalue weighted by Crippen LogP contribution is -2.29. The molecule has 0 N–H and O–H groups in total. The summed E-state index contributed by atoms with van der Waals surface area (Å²) in [5.74, 6) is -1.99. The summed E-state index contributed by atoms with van der Waals surface area (Å²) in [6.07, 6.45) is -2.70. The second-order valence-corrected chi connectivity index (χ2v) is 4.51. The predicted octanol–water partition coefficient (Wildman–Crippen LogP) is 2.78. The van der Waals surface area contributed by atoms with E-state index in [-0.39, 0.29) is 5.56 Å². The SMILES string of the molecule is Cc1ccc(C(=O)C(F)C(=O)OC(C)C)cc1C. The minimum atomic E-state index is -2.26. The summed E-state index contributed by atoms with van der Waals surface area (Å²) in [5.41, 5.74) is 2.07. The van der Waals surface area contributed by atoms with Gasteiger partial charge < -0.3 is 4.74 Å². The van der Waals surface area contributed by atoms with Gasteiger partial charge in [0.25, 0.3) is 6.17 Å². The number of hydrogen-bond acceptors (Lipinski definition) is 3. The van der Waals surface area contributed by atoms with Gasteiger partial charge in [-0.15, -0.1) is 0 Å². The molecule has 1 rings (SSSR count). The van der Waals surface area contributed by atoms with E-state index in [0.717, 1.165) is 11.1 Å². The van der Waals surface area contributed by atoms with E-state index in [1.807, 2.05) is 13.8 Å². The van der Waals surface area contributed by atoms with Crippen molar-refractivity contribution in [3.05, 3.63) is 34.9 Å². The van der Waals surface area contributed by atoms with Crippen LogP contribution in [0.3, 0.4) is 0 Å². The van der Waals surface area contributed by atoms with E-state index in [4.69, 9.17) is 0 Å². The van der Waals surface area contributed by atoms with Crippen molar-refractivity contribution in [2.24, 2.45) is 0 Å². The average molecular weight is 252 g/mol. The van der Waals surface area contributed by atoms with Crippen LogP contribution in [0.2, 0.25) is 0 Å².